The molecule has 224 valence electrons. The third kappa shape index (κ3) is 7.06. The number of hydrogen-bond donors (Lipinski definition) is 1. The largest absolute Gasteiger partial charge is 0.493 e. The molecule has 4 aromatic rings. The van der Waals surface area contributed by atoms with Gasteiger partial charge in [0.05, 0.1) is 26.7 Å². The molecule has 0 saturated carbocycles. The van der Waals surface area contributed by atoms with Gasteiger partial charge in [0, 0.05) is 38.3 Å². The van der Waals surface area contributed by atoms with Gasteiger partial charge in [0.2, 0.25) is 17.6 Å². The first-order valence-electron chi connectivity index (χ1n) is 15.0. The summed E-state index contributed by atoms with van der Waals surface area (Å²) in [5.41, 5.74) is 6.11. The number of likely N-dealkylation sites (tertiary alicyclic amines) is 1. The van der Waals surface area contributed by atoms with E-state index in [1.54, 1.807) is 14.2 Å². The van der Waals surface area contributed by atoms with E-state index in [2.05, 4.69) is 73.8 Å². The zero-order valence-electron chi connectivity index (χ0n) is 24.9. The van der Waals surface area contributed by atoms with Gasteiger partial charge < -0.3 is 19.3 Å². The van der Waals surface area contributed by atoms with E-state index < -0.39 is 0 Å². The Labute approximate surface area is 252 Å². The third-order valence-electron chi connectivity index (χ3n) is 8.45. The lowest BCUT2D eigenvalue weighted by molar-refractivity contribution is -0.127. The van der Waals surface area contributed by atoms with Crippen molar-refractivity contribution < 1.29 is 18.8 Å². The molecule has 9 heteroatoms. The quantitative estimate of drug-likeness (QED) is 0.285. The number of piperidine rings is 1. The number of rotatable bonds is 10. The highest BCUT2D eigenvalue weighted by Gasteiger charge is 2.27. The van der Waals surface area contributed by atoms with Gasteiger partial charge in [0.25, 0.3) is 0 Å². The fraction of sp³-hybridized carbons (Fsp3) is 0.382. The van der Waals surface area contributed by atoms with Crippen LogP contribution in [0.5, 0.6) is 11.5 Å². The second-order valence-electron chi connectivity index (χ2n) is 11.4. The van der Waals surface area contributed by atoms with Crippen molar-refractivity contribution in [2.75, 3.05) is 33.9 Å². The van der Waals surface area contributed by atoms with Crippen LogP contribution in [0.25, 0.3) is 11.4 Å². The summed E-state index contributed by atoms with van der Waals surface area (Å²) in [6.07, 6.45) is 2.93. The Balaban J connectivity index is 0.974. The van der Waals surface area contributed by atoms with Gasteiger partial charge in [-0.05, 0) is 66.3 Å². The van der Waals surface area contributed by atoms with Crippen molar-refractivity contribution in [2.45, 2.75) is 45.4 Å². The number of hydrogen-bond acceptors (Lipinski definition) is 8. The Hall–Kier alpha value is -4.21. The number of carbonyl (C=O) groups is 1. The van der Waals surface area contributed by atoms with E-state index in [-0.39, 0.29) is 11.8 Å². The molecule has 43 heavy (non-hydrogen) atoms. The Kier molecular flexibility index (Phi) is 9.00. The molecule has 3 aromatic carbocycles. The number of nitrogens with zero attached hydrogens (tertiary/aromatic N) is 4. The first kappa shape index (κ1) is 28.9. The van der Waals surface area contributed by atoms with Gasteiger partial charge in [-0.15, -0.1) is 0 Å². The van der Waals surface area contributed by atoms with Crippen LogP contribution in [0.2, 0.25) is 0 Å². The fourth-order valence-corrected chi connectivity index (χ4v) is 6.06. The minimum absolute atomic E-state index is 0.0664. The molecule has 2 aliphatic heterocycles. The van der Waals surface area contributed by atoms with Crippen LogP contribution in [0.4, 0.5) is 0 Å². The van der Waals surface area contributed by atoms with Crippen molar-refractivity contribution in [1.82, 2.24) is 25.3 Å². The van der Waals surface area contributed by atoms with Crippen molar-refractivity contribution in [3.8, 4) is 22.9 Å². The molecule has 1 amide bonds. The highest BCUT2D eigenvalue weighted by atomic mass is 16.5. The number of carbonyl (C=O) groups excluding carboxylic acids is 1. The van der Waals surface area contributed by atoms with E-state index in [9.17, 15) is 4.79 Å². The maximum atomic E-state index is 13.1. The zero-order valence-corrected chi connectivity index (χ0v) is 24.9. The summed E-state index contributed by atoms with van der Waals surface area (Å²) in [5.74, 6) is 2.30. The summed E-state index contributed by atoms with van der Waals surface area (Å²) < 4.78 is 16.3. The molecular formula is C34H39N5O4. The summed E-state index contributed by atoms with van der Waals surface area (Å²) in [6, 6.07) is 22.9. The third-order valence-corrected chi connectivity index (χ3v) is 8.45. The molecule has 1 N–H and O–H groups in total. The molecule has 1 atom stereocenters. The van der Waals surface area contributed by atoms with Crippen LogP contribution in [0.1, 0.15) is 41.0 Å². The van der Waals surface area contributed by atoms with Gasteiger partial charge >= 0.3 is 0 Å². The van der Waals surface area contributed by atoms with E-state index in [0.717, 1.165) is 56.6 Å². The van der Waals surface area contributed by atoms with Gasteiger partial charge in [0.1, 0.15) is 0 Å². The highest BCUT2D eigenvalue weighted by molar-refractivity contribution is 5.79. The lowest BCUT2D eigenvalue weighted by Crippen LogP contribution is -2.42. The predicted molar refractivity (Wildman–Crippen MR) is 163 cm³/mol. The van der Waals surface area contributed by atoms with Crippen molar-refractivity contribution >= 4 is 5.91 Å². The van der Waals surface area contributed by atoms with Crippen LogP contribution in [0.3, 0.4) is 0 Å². The van der Waals surface area contributed by atoms with Crippen LogP contribution < -0.4 is 14.8 Å². The van der Waals surface area contributed by atoms with E-state index in [0.29, 0.717) is 42.8 Å². The van der Waals surface area contributed by atoms with Crippen LogP contribution in [0.15, 0.2) is 71.3 Å². The molecule has 1 fully saturated rings. The Morgan fingerprint density at radius 1 is 0.930 bits per heavy atom. The molecule has 6 rings (SSSR count). The molecule has 1 unspecified atom stereocenters. The number of fused-ring (bicyclic) bond motifs is 1. The monoisotopic (exact) mass is 581 g/mol. The van der Waals surface area contributed by atoms with Crippen LogP contribution in [-0.2, 0) is 37.4 Å². The van der Waals surface area contributed by atoms with Crippen LogP contribution in [0, 0.1) is 5.92 Å². The molecule has 0 radical (unpaired) electrons. The standard InChI is InChI=1S/C34H39N5O4/c1-41-30-14-13-27(18-31(30)42-2)33-36-32(43-37-33)23-38-16-5-8-29(22-38)34(40)35-19-24-9-11-25(12-10-24)20-39-17-15-26-6-3-4-7-28(26)21-39/h3-4,6-7,9-14,18,29H,5,8,15-17,19-23H2,1-2H3,(H,35,40). The Bertz CT molecular complexity index is 1540. The fourth-order valence-electron chi connectivity index (χ4n) is 6.06. The van der Waals surface area contributed by atoms with Crippen molar-refractivity contribution in [3.05, 3.63) is 94.9 Å². The predicted octanol–water partition coefficient (Wildman–Crippen LogP) is 4.84. The van der Waals surface area contributed by atoms with Crippen molar-refractivity contribution in [2.24, 2.45) is 5.92 Å². The Morgan fingerprint density at radius 3 is 2.53 bits per heavy atom. The second-order valence-corrected chi connectivity index (χ2v) is 11.4. The topological polar surface area (TPSA) is 93.0 Å². The van der Waals surface area contributed by atoms with Gasteiger partial charge in [-0.2, -0.15) is 4.98 Å². The van der Waals surface area contributed by atoms with E-state index in [1.165, 1.54) is 16.7 Å². The number of methoxy groups -OCH3 is 2. The van der Waals surface area contributed by atoms with Gasteiger partial charge in [-0.25, -0.2) is 0 Å². The average molecular weight is 582 g/mol. The van der Waals surface area contributed by atoms with Gasteiger partial charge in [-0.3, -0.25) is 14.6 Å². The minimum Gasteiger partial charge on any atom is -0.493 e. The average Bonchev–Trinajstić information content (AvgIpc) is 3.52. The lowest BCUT2D eigenvalue weighted by atomic mass is 9.97. The Morgan fingerprint density at radius 2 is 1.72 bits per heavy atom. The summed E-state index contributed by atoms with van der Waals surface area (Å²) >= 11 is 0. The summed E-state index contributed by atoms with van der Waals surface area (Å²) in [4.78, 5) is 22.4. The van der Waals surface area contributed by atoms with Crippen LogP contribution in [-0.4, -0.2) is 59.7 Å². The number of benzene rings is 3. The molecule has 0 aliphatic carbocycles. The molecule has 9 nitrogen and oxygen atoms in total. The second kappa shape index (κ2) is 13.4. The number of nitrogens with one attached hydrogen (secondary N) is 1. The van der Waals surface area contributed by atoms with Crippen molar-refractivity contribution in [3.63, 3.8) is 0 Å². The molecule has 1 aromatic heterocycles. The van der Waals surface area contributed by atoms with Gasteiger partial charge in [-0.1, -0.05) is 53.7 Å². The number of amides is 1. The summed E-state index contributed by atoms with van der Waals surface area (Å²) in [7, 11) is 3.20. The molecule has 0 spiro atoms. The molecule has 1 saturated heterocycles. The van der Waals surface area contributed by atoms with E-state index in [4.69, 9.17) is 14.0 Å². The van der Waals surface area contributed by atoms with Gasteiger partial charge in [0.15, 0.2) is 11.5 Å². The summed E-state index contributed by atoms with van der Waals surface area (Å²) in [6.45, 7) is 5.62. The number of ether oxygens (including phenoxy) is 2. The maximum Gasteiger partial charge on any atom is 0.241 e. The van der Waals surface area contributed by atoms with Crippen molar-refractivity contribution in [1.29, 1.82) is 0 Å². The molecule has 3 heterocycles. The van der Waals surface area contributed by atoms with E-state index in [1.807, 2.05) is 18.2 Å². The number of aromatic nitrogens is 2. The lowest BCUT2D eigenvalue weighted by Gasteiger charge is -2.30. The zero-order chi connectivity index (χ0) is 29.6. The molecule has 2 aliphatic rings. The summed E-state index contributed by atoms with van der Waals surface area (Å²) in [5, 5.41) is 7.32. The smallest absolute Gasteiger partial charge is 0.241 e. The van der Waals surface area contributed by atoms with E-state index >= 15 is 0 Å². The first-order chi connectivity index (χ1) is 21.1. The normalized spacial score (nSPS) is 17.3. The highest BCUT2D eigenvalue weighted by Crippen LogP contribution is 2.31. The first-order valence-corrected chi connectivity index (χ1v) is 15.0. The minimum atomic E-state index is -0.0664. The molecule has 0 bridgehead atoms. The molecular weight excluding hydrogens is 542 g/mol. The van der Waals surface area contributed by atoms with Crippen LogP contribution >= 0.6 is 0 Å². The SMILES string of the molecule is COc1ccc(-c2noc(CN3CCCC(C(=O)NCc4ccc(CN5CCc6ccccc6C5)cc4)C3)n2)cc1OC. The maximum absolute atomic E-state index is 13.1.